The summed E-state index contributed by atoms with van der Waals surface area (Å²) in [5.74, 6) is 0.636. The van der Waals surface area contributed by atoms with E-state index in [1.807, 2.05) is 0 Å². The van der Waals surface area contributed by atoms with Gasteiger partial charge in [-0.1, -0.05) is 43.8 Å². The predicted octanol–water partition coefficient (Wildman–Crippen LogP) is 2.23. The molecule has 0 radical (unpaired) electrons. The molecule has 2 amide bonds. The molecule has 3 aromatic carbocycles. The van der Waals surface area contributed by atoms with E-state index in [4.69, 9.17) is 0 Å². The van der Waals surface area contributed by atoms with Crippen LogP contribution in [0.25, 0.3) is 38.4 Å². The van der Waals surface area contributed by atoms with Gasteiger partial charge in [0.1, 0.15) is 26.2 Å². The molecule has 186 valence electrons. The molecule has 4 bridgehead atoms. The molecule has 1 aromatic heterocycles. The number of aryl methyl sites for hydroxylation is 2. The Morgan fingerprint density at radius 1 is 0.842 bits per heavy atom. The van der Waals surface area contributed by atoms with E-state index in [2.05, 4.69) is 32.9 Å². The van der Waals surface area contributed by atoms with E-state index in [1.165, 1.54) is 19.4 Å². The molecule has 4 aromatic rings. The van der Waals surface area contributed by atoms with Crippen LogP contribution in [0.15, 0.2) is 58.4 Å². The molecule has 0 spiro atoms. The van der Waals surface area contributed by atoms with Crippen molar-refractivity contribution >= 4 is 33.4 Å². The Morgan fingerprint density at radius 2 is 1.34 bits per heavy atom. The molecule has 0 atom stereocenters. The Hall–Kier alpha value is -5.62. The smallest absolute Gasteiger partial charge is 0.369 e. The van der Waals surface area contributed by atoms with Gasteiger partial charge in [0.15, 0.2) is 0 Å². The van der Waals surface area contributed by atoms with Crippen molar-refractivity contribution in [3.63, 3.8) is 0 Å². The van der Waals surface area contributed by atoms with Crippen LogP contribution < -0.4 is 10.4 Å². The van der Waals surface area contributed by atoms with Crippen molar-refractivity contribution in [2.45, 2.75) is 0 Å². The fourth-order valence-corrected chi connectivity index (χ4v) is 4.21. The fraction of sp³-hybridized carbons (Fsp3) is 0.154. The highest BCUT2D eigenvalue weighted by atomic mass is 16.2. The van der Waals surface area contributed by atoms with E-state index in [0.29, 0.717) is 55.5 Å². The number of amidine groups is 1. The van der Waals surface area contributed by atoms with E-state index < -0.39 is 0 Å². The lowest BCUT2D eigenvalue weighted by Crippen LogP contribution is -2.54. The number of carbonyl (C=O) groups is 1. The van der Waals surface area contributed by atoms with Crippen LogP contribution in [-0.2, 0) is 14.1 Å². The zero-order valence-corrected chi connectivity index (χ0v) is 20.9. The molecule has 12 nitrogen and oxygen atoms in total. The highest BCUT2D eigenvalue weighted by molar-refractivity contribution is 6.12. The molecule has 12 heteroatoms. The number of hydrogen-bond acceptors (Lipinski definition) is 7. The molecule has 5 rings (SSSR count). The SMILES string of the molecule is CN1N=C(c2cc3ccc4cc(-c5nn(C)c(=O)[n+](C)n5)cc(ccc(c2)c3C#N)c4C#N)[N-]N(C)C1=O. The molecule has 0 aliphatic carbocycles. The van der Waals surface area contributed by atoms with Gasteiger partial charge < -0.3 is 20.5 Å². The third-order valence-electron chi connectivity index (χ3n) is 6.11. The van der Waals surface area contributed by atoms with Crippen LogP contribution in [0.3, 0.4) is 0 Å². The van der Waals surface area contributed by atoms with Crippen LogP contribution in [-0.4, -0.2) is 50.9 Å². The second kappa shape index (κ2) is 9.11. The lowest BCUT2D eigenvalue weighted by atomic mass is 9.98. The van der Waals surface area contributed by atoms with Crippen molar-refractivity contribution in [2.24, 2.45) is 19.2 Å². The van der Waals surface area contributed by atoms with Gasteiger partial charge in [0, 0.05) is 19.7 Å². The first-order valence-electron chi connectivity index (χ1n) is 11.4. The minimum Gasteiger partial charge on any atom is -0.369 e. The molecule has 0 fully saturated rings. The van der Waals surface area contributed by atoms with Gasteiger partial charge in [0.2, 0.25) is 5.82 Å². The largest absolute Gasteiger partial charge is 0.539 e. The van der Waals surface area contributed by atoms with Gasteiger partial charge in [-0.15, -0.1) is 0 Å². The van der Waals surface area contributed by atoms with Gasteiger partial charge in [-0.3, -0.25) is 0 Å². The molecule has 2 heterocycles. The molecule has 0 N–H and O–H groups in total. The van der Waals surface area contributed by atoms with Crippen molar-refractivity contribution in [3.8, 4) is 23.5 Å². The standard InChI is InChI=1S/C26H20N10O2/c1-33-25(37)34(2)30-23(29-33)19-9-15-5-7-17-11-20(24-31-35(3)26(38)36(4)32-24)12-18(22(17)14-28)8-6-16(10-19)21(15)13-27/h5-12H,1-4H3. The number of aromatic nitrogens is 4. The summed E-state index contributed by atoms with van der Waals surface area (Å²) in [5, 5.41) is 37.5. The van der Waals surface area contributed by atoms with Crippen molar-refractivity contribution in [2.75, 3.05) is 14.1 Å². The highest BCUT2D eigenvalue weighted by Gasteiger charge is 2.17. The van der Waals surface area contributed by atoms with Gasteiger partial charge in [-0.2, -0.15) is 15.3 Å². The number of amides is 2. The number of hydrogen-bond donors (Lipinski definition) is 0. The number of nitrogens with zero attached hydrogens (tertiary/aromatic N) is 10. The Labute approximate surface area is 216 Å². The molecule has 1 aliphatic rings. The monoisotopic (exact) mass is 504 g/mol. The maximum absolute atomic E-state index is 12.1. The van der Waals surface area contributed by atoms with Gasteiger partial charge >= 0.3 is 11.7 Å². The van der Waals surface area contributed by atoms with Gasteiger partial charge in [-0.05, 0) is 57.2 Å². The van der Waals surface area contributed by atoms with Gasteiger partial charge in [-0.25, -0.2) is 4.79 Å². The molecule has 38 heavy (non-hydrogen) atoms. The van der Waals surface area contributed by atoms with Crippen LogP contribution in [0.2, 0.25) is 0 Å². The number of rotatable bonds is 2. The second-order valence-corrected chi connectivity index (χ2v) is 8.66. The Kier molecular flexibility index (Phi) is 5.78. The summed E-state index contributed by atoms with van der Waals surface area (Å²) in [4.78, 5) is 24.1. The number of nitriles is 2. The average molecular weight is 505 g/mol. The van der Waals surface area contributed by atoms with Gasteiger partial charge in [0.05, 0.1) is 11.1 Å². The normalized spacial score (nSPS) is 13.1. The Balaban J connectivity index is 1.80. The maximum atomic E-state index is 12.1. The summed E-state index contributed by atoms with van der Waals surface area (Å²) < 4.78 is 2.39. The summed E-state index contributed by atoms with van der Waals surface area (Å²) in [6.07, 6.45) is 0. The first-order valence-corrected chi connectivity index (χ1v) is 11.4. The predicted molar refractivity (Wildman–Crippen MR) is 138 cm³/mol. The number of fused-ring (bicyclic) bond motifs is 4. The topological polar surface area (TPSA) is 149 Å². The third kappa shape index (κ3) is 4.06. The lowest BCUT2D eigenvalue weighted by Gasteiger charge is -2.38. The highest BCUT2D eigenvalue weighted by Crippen LogP contribution is 2.28. The van der Waals surface area contributed by atoms with Crippen LogP contribution in [0.5, 0.6) is 0 Å². The second-order valence-electron chi connectivity index (χ2n) is 8.66. The van der Waals surface area contributed by atoms with Gasteiger partial charge in [0.25, 0.3) is 0 Å². The van der Waals surface area contributed by atoms with E-state index in [9.17, 15) is 20.1 Å². The number of benzene rings is 2. The lowest BCUT2D eigenvalue weighted by molar-refractivity contribution is -0.749. The van der Waals surface area contributed by atoms with Crippen LogP contribution >= 0.6 is 0 Å². The first-order chi connectivity index (χ1) is 18.2. The summed E-state index contributed by atoms with van der Waals surface area (Å²) in [5.41, 5.74) is 6.01. The summed E-state index contributed by atoms with van der Waals surface area (Å²) in [6.45, 7) is 0. The average Bonchev–Trinajstić information content (AvgIpc) is 2.90. The van der Waals surface area contributed by atoms with E-state index >= 15 is 0 Å². The van der Waals surface area contributed by atoms with Crippen LogP contribution in [0, 0.1) is 22.7 Å². The summed E-state index contributed by atoms with van der Waals surface area (Å²) >= 11 is 0. The number of urea groups is 1. The van der Waals surface area contributed by atoms with Crippen molar-refractivity contribution in [3.05, 3.63) is 81.1 Å². The fourth-order valence-electron chi connectivity index (χ4n) is 4.21. The Bertz CT molecular complexity index is 1790. The maximum Gasteiger partial charge on any atom is 0.539 e. The molecule has 0 saturated heterocycles. The van der Waals surface area contributed by atoms with Crippen molar-refractivity contribution in [1.29, 1.82) is 10.5 Å². The van der Waals surface area contributed by atoms with Crippen molar-refractivity contribution in [1.82, 2.24) is 24.9 Å². The molecule has 1 aliphatic heterocycles. The Morgan fingerprint density at radius 3 is 1.79 bits per heavy atom. The quantitative estimate of drug-likeness (QED) is 0.382. The van der Waals surface area contributed by atoms with E-state index in [-0.39, 0.29) is 11.7 Å². The minimum absolute atomic E-state index is 0.318. The van der Waals surface area contributed by atoms with Crippen LogP contribution in [0.4, 0.5) is 4.79 Å². The summed E-state index contributed by atoms with van der Waals surface area (Å²) in [6, 6.07) is 18.2. The zero-order valence-electron chi connectivity index (χ0n) is 20.9. The third-order valence-corrected chi connectivity index (χ3v) is 6.11. The summed E-state index contributed by atoms with van der Waals surface area (Å²) in [7, 11) is 6.16. The van der Waals surface area contributed by atoms with Crippen LogP contribution in [0.1, 0.15) is 16.7 Å². The molecule has 0 unspecified atom stereocenters. The first kappa shape index (κ1) is 24.1. The number of carbonyl (C=O) groups excluding carboxylic acids is 1. The van der Waals surface area contributed by atoms with E-state index in [0.717, 1.165) is 0 Å². The van der Waals surface area contributed by atoms with Crippen molar-refractivity contribution < 1.29 is 9.48 Å². The number of hydrazone groups is 1. The molecular weight excluding hydrogens is 484 g/mol. The molecule has 0 saturated carbocycles. The zero-order chi connectivity index (χ0) is 27.1. The minimum atomic E-state index is -0.369. The van der Waals surface area contributed by atoms with E-state index in [1.54, 1.807) is 76.7 Å². The molecular formula is C26H20N10O2.